The second-order valence-corrected chi connectivity index (χ2v) is 4.23. The third kappa shape index (κ3) is 1.61. The second-order valence-electron chi connectivity index (χ2n) is 4.23. The number of nitrogens with zero attached hydrogens (tertiary/aromatic N) is 2. The van der Waals surface area contributed by atoms with E-state index in [1.54, 1.807) is 0 Å². The average Bonchev–Trinajstić information content (AvgIpc) is 2.77. The summed E-state index contributed by atoms with van der Waals surface area (Å²) in [5.41, 5.74) is 3.68. The number of carbonyl (C=O) groups is 1. The Morgan fingerprint density at radius 2 is 1.89 bits per heavy atom. The summed E-state index contributed by atoms with van der Waals surface area (Å²) in [5.74, 6) is 0. The number of fused-ring (bicyclic) bond motifs is 1. The van der Waals surface area contributed by atoms with Gasteiger partial charge in [-0.1, -0.05) is 36.4 Å². The van der Waals surface area contributed by atoms with Gasteiger partial charge in [-0.15, -0.1) is 0 Å². The largest absolute Gasteiger partial charge is 0.298 e. The quantitative estimate of drug-likeness (QED) is 0.641. The zero-order valence-electron chi connectivity index (χ0n) is 10.00. The Balaban J connectivity index is 2.29. The highest BCUT2D eigenvalue weighted by Crippen LogP contribution is 2.27. The van der Waals surface area contributed by atoms with Crippen LogP contribution >= 0.6 is 0 Å². The van der Waals surface area contributed by atoms with E-state index in [1.165, 1.54) is 0 Å². The molecule has 0 N–H and O–H groups in total. The lowest BCUT2D eigenvalue weighted by atomic mass is 10.1. The van der Waals surface area contributed by atoms with E-state index >= 15 is 0 Å². The van der Waals surface area contributed by atoms with Crippen LogP contribution in [0, 0.1) is 0 Å². The number of hydrogen-bond acceptors (Lipinski definition) is 2. The first-order valence-corrected chi connectivity index (χ1v) is 5.77. The first kappa shape index (κ1) is 10.7. The monoisotopic (exact) mass is 236 g/mol. The van der Waals surface area contributed by atoms with Crippen LogP contribution in [0.2, 0.25) is 0 Å². The van der Waals surface area contributed by atoms with Crippen LogP contribution < -0.4 is 0 Å². The molecule has 0 aliphatic rings. The van der Waals surface area contributed by atoms with Gasteiger partial charge in [-0.2, -0.15) is 5.10 Å². The molecule has 88 valence electrons. The van der Waals surface area contributed by atoms with Gasteiger partial charge in [0.25, 0.3) is 0 Å². The van der Waals surface area contributed by atoms with Crippen LogP contribution in [-0.4, -0.2) is 16.1 Å². The van der Waals surface area contributed by atoms with Crippen LogP contribution in [-0.2, 0) is 7.05 Å². The molecule has 1 aromatic heterocycles. The van der Waals surface area contributed by atoms with E-state index in [0.717, 1.165) is 28.4 Å². The van der Waals surface area contributed by atoms with Crippen molar-refractivity contribution in [3.63, 3.8) is 0 Å². The Morgan fingerprint density at radius 1 is 1.11 bits per heavy atom. The molecule has 0 unspecified atom stereocenters. The van der Waals surface area contributed by atoms with Crippen molar-refractivity contribution in [2.24, 2.45) is 7.05 Å². The van der Waals surface area contributed by atoms with Gasteiger partial charge in [-0.25, -0.2) is 0 Å². The van der Waals surface area contributed by atoms with Crippen molar-refractivity contribution in [1.82, 2.24) is 9.78 Å². The van der Waals surface area contributed by atoms with Crippen molar-refractivity contribution >= 4 is 17.2 Å². The molecule has 3 aromatic rings. The lowest BCUT2D eigenvalue weighted by Crippen LogP contribution is -1.90. The van der Waals surface area contributed by atoms with Crippen LogP contribution in [0.5, 0.6) is 0 Å². The van der Waals surface area contributed by atoms with E-state index in [4.69, 9.17) is 0 Å². The molecule has 3 rings (SSSR count). The van der Waals surface area contributed by atoms with Gasteiger partial charge >= 0.3 is 0 Å². The molecule has 0 atom stereocenters. The first-order chi connectivity index (χ1) is 8.79. The third-order valence-electron chi connectivity index (χ3n) is 3.06. The summed E-state index contributed by atoms with van der Waals surface area (Å²) in [6, 6.07) is 15.7. The normalized spacial score (nSPS) is 10.7. The molecule has 0 radical (unpaired) electrons. The van der Waals surface area contributed by atoms with E-state index in [1.807, 2.05) is 60.3 Å². The third-order valence-corrected chi connectivity index (χ3v) is 3.06. The molecule has 18 heavy (non-hydrogen) atoms. The van der Waals surface area contributed by atoms with Gasteiger partial charge in [-0.3, -0.25) is 9.48 Å². The van der Waals surface area contributed by atoms with Gasteiger partial charge < -0.3 is 0 Å². The molecule has 0 saturated carbocycles. The van der Waals surface area contributed by atoms with Gasteiger partial charge in [0.05, 0.1) is 5.52 Å². The van der Waals surface area contributed by atoms with Crippen LogP contribution in [0.15, 0.2) is 48.5 Å². The lowest BCUT2D eigenvalue weighted by Gasteiger charge is -1.97. The predicted octanol–water partition coefficient (Wildman–Crippen LogP) is 3.05. The van der Waals surface area contributed by atoms with Crippen molar-refractivity contribution in [2.45, 2.75) is 0 Å². The molecule has 0 bridgehead atoms. The summed E-state index contributed by atoms with van der Waals surface area (Å²) in [6.45, 7) is 0. The van der Waals surface area contributed by atoms with Gasteiger partial charge in [0.15, 0.2) is 0 Å². The minimum Gasteiger partial charge on any atom is -0.298 e. The molecular weight excluding hydrogens is 224 g/mol. The molecule has 0 aliphatic carbocycles. The van der Waals surface area contributed by atoms with Gasteiger partial charge in [-0.05, 0) is 12.1 Å². The highest BCUT2D eigenvalue weighted by molar-refractivity contribution is 5.96. The van der Waals surface area contributed by atoms with Crippen molar-refractivity contribution in [3.8, 4) is 11.3 Å². The fraction of sp³-hybridized carbons (Fsp3) is 0.0667. The summed E-state index contributed by atoms with van der Waals surface area (Å²) in [7, 11) is 1.89. The van der Waals surface area contributed by atoms with Crippen LogP contribution in [0.25, 0.3) is 22.2 Å². The molecule has 1 heterocycles. The maximum absolute atomic E-state index is 10.8. The molecule has 0 aliphatic heterocycles. The number of aryl methyl sites for hydroxylation is 1. The van der Waals surface area contributed by atoms with Crippen molar-refractivity contribution in [3.05, 3.63) is 54.1 Å². The number of benzene rings is 2. The van der Waals surface area contributed by atoms with Crippen LogP contribution in [0.3, 0.4) is 0 Å². The molecular formula is C15H12N2O. The Labute approximate surface area is 105 Å². The smallest absolute Gasteiger partial charge is 0.150 e. The molecule has 0 saturated heterocycles. The Hall–Kier alpha value is -2.42. The molecule has 0 fully saturated rings. The van der Waals surface area contributed by atoms with Gasteiger partial charge in [0.2, 0.25) is 0 Å². The van der Waals surface area contributed by atoms with Crippen molar-refractivity contribution in [1.29, 1.82) is 0 Å². The van der Waals surface area contributed by atoms with Crippen molar-refractivity contribution < 1.29 is 4.79 Å². The number of hydrogen-bond donors (Lipinski definition) is 0. The maximum atomic E-state index is 10.8. The van der Waals surface area contributed by atoms with E-state index < -0.39 is 0 Å². The Kier molecular flexibility index (Phi) is 2.45. The van der Waals surface area contributed by atoms with E-state index in [9.17, 15) is 4.79 Å². The number of aromatic nitrogens is 2. The summed E-state index contributed by atoms with van der Waals surface area (Å²) in [5, 5.41) is 5.60. The SMILES string of the molecule is Cn1nc(-c2ccccc2)c2ccc(C=O)cc21. The predicted molar refractivity (Wildman–Crippen MR) is 71.5 cm³/mol. The standard InChI is InChI=1S/C15H12N2O/c1-17-14-9-11(10-18)7-8-13(14)15(16-17)12-5-3-2-4-6-12/h2-10H,1H3. The van der Waals surface area contributed by atoms with E-state index in [2.05, 4.69) is 5.10 Å². The zero-order valence-corrected chi connectivity index (χ0v) is 10.00. The fourth-order valence-corrected chi connectivity index (χ4v) is 2.16. The van der Waals surface area contributed by atoms with Crippen LogP contribution in [0.1, 0.15) is 10.4 Å². The number of carbonyl (C=O) groups excluding carboxylic acids is 1. The molecule has 0 spiro atoms. The van der Waals surface area contributed by atoms with Crippen LogP contribution in [0.4, 0.5) is 0 Å². The van der Waals surface area contributed by atoms with Crippen molar-refractivity contribution in [2.75, 3.05) is 0 Å². The highest BCUT2D eigenvalue weighted by atomic mass is 16.1. The number of aldehydes is 1. The maximum Gasteiger partial charge on any atom is 0.150 e. The highest BCUT2D eigenvalue weighted by Gasteiger charge is 2.10. The Bertz CT molecular complexity index is 714. The zero-order chi connectivity index (χ0) is 12.5. The topological polar surface area (TPSA) is 34.9 Å². The van der Waals surface area contributed by atoms with E-state index in [0.29, 0.717) is 5.56 Å². The Morgan fingerprint density at radius 3 is 2.61 bits per heavy atom. The lowest BCUT2D eigenvalue weighted by molar-refractivity contribution is 0.112. The summed E-state index contributed by atoms with van der Waals surface area (Å²) >= 11 is 0. The van der Waals surface area contributed by atoms with Gasteiger partial charge in [0, 0.05) is 23.6 Å². The minimum absolute atomic E-state index is 0.671. The first-order valence-electron chi connectivity index (χ1n) is 5.77. The average molecular weight is 236 g/mol. The van der Waals surface area contributed by atoms with Gasteiger partial charge in [0.1, 0.15) is 12.0 Å². The number of rotatable bonds is 2. The molecule has 2 aromatic carbocycles. The molecule has 3 heteroatoms. The summed E-state index contributed by atoms with van der Waals surface area (Å²) in [6.07, 6.45) is 0.856. The summed E-state index contributed by atoms with van der Waals surface area (Å²) < 4.78 is 1.81. The van der Waals surface area contributed by atoms with E-state index in [-0.39, 0.29) is 0 Å². The summed E-state index contributed by atoms with van der Waals surface area (Å²) in [4.78, 5) is 10.8. The molecule has 0 amide bonds. The fourth-order valence-electron chi connectivity index (χ4n) is 2.16. The minimum atomic E-state index is 0.671. The second kappa shape index (κ2) is 4.11. The molecule has 3 nitrogen and oxygen atoms in total.